The first-order valence-corrected chi connectivity index (χ1v) is 7.25. The third-order valence-corrected chi connectivity index (χ3v) is 4.67. The SMILES string of the molecule is Cc1ccc(CC(Cl)C2(c3ccccc3)CC2)nc1. The van der Waals surface area contributed by atoms with Crippen LogP contribution >= 0.6 is 11.6 Å². The molecule has 1 nitrogen and oxygen atoms in total. The van der Waals surface area contributed by atoms with Crippen molar-refractivity contribution in [2.24, 2.45) is 0 Å². The Labute approximate surface area is 119 Å². The van der Waals surface area contributed by atoms with Gasteiger partial charge in [-0.15, -0.1) is 11.6 Å². The van der Waals surface area contributed by atoms with Gasteiger partial charge >= 0.3 is 0 Å². The molecule has 1 heterocycles. The standard InChI is InChI=1S/C17H18ClN/c1-13-7-8-15(19-12-13)11-16(18)17(9-10-17)14-5-3-2-4-6-14/h2-8,12,16H,9-11H2,1H3. The van der Waals surface area contributed by atoms with Crippen molar-refractivity contribution in [1.29, 1.82) is 0 Å². The van der Waals surface area contributed by atoms with Crippen LogP contribution in [0, 0.1) is 6.92 Å². The molecule has 0 amide bonds. The van der Waals surface area contributed by atoms with Gasteiger partial charge in [-0.3, -0.25) is 4.98 Å². The number of rotatable bonds is 4. The minimum absolute atomic E-state index is 0.130. The summed E-state index contributed by atoms with van der Waals surface area (Å²) < 4.78 is 0. The molecule has 1 aliphatic carbocycles. The van der Waals surface area contributed by atoms with Crippen LogP contribution in [0.25, 0.3) is 0 Å². The Hall–Kier alpha value is -1.34. The summed E-state index contributed by atoms with van der Waals surface area (Å²) in [5, 5.41) is 0.130. The topological polar surface area (TPSA) is 12.9 Å². The molecule has 1 atom stereocenters. The molecule has 0 aliphatic heterocycles. The van der Waals surface area contributed by atoms with Crippen molar-refractivity contribution >= 4 is 11.6 Å². The molecule has 1 saturated carbocycles. The number of aryl methyl sites for hydroxylation is 1. The van der Waals surface area contributed by atoms with Gasteiger partial charge in [0.05, 0.1) is 0 Å². The van der Waals surface area contributed by atoms with E-state index in [0.717, 1.165) is 12.1 Å². The van der Waals surface area contributed by atoms with Crippen LogP contribution < -0.4 is 0 Å². The lowest BCUT2D eigenvalue weighted by molar-refractivity contribution is 0.622. The molecular weight excluding hydrogens is 254 g/mol. The Morgan fingerprint density at radius 2 is 1.89 bits per heavy atom. The van der Waals surface area contributed by atoms with E-state index in [1.54, 1.807) is 0 Å². The van der Waals surface area contributed by atoms with E-state index >= 15 is 0 Å². The van der Waals surface area contributed by atoms with Crippen LogP contribution in [0.4, 0.5) is 0 Å². The fourth-order valence-corrected chi connectivity index (χ4v) is 3.19. The number of hydrogen-bond acceptors (Lipinski definition) is 1. The van der Waals surface area contributed by atoms with E-state index in [1.807, 2.05) is 6.20 Å². The molecule has 1 unspecified atom stereocenters. The molecule has 1 aliphatic rings. The van der Waals surface area contributed by atoms with Crippen molar-refractivity contribution < 1.29 is 0 Å². The number of benzene rings is 1. The molecule has 1 aromatic carbocycles. The van der Waals surface area contributed by atoms with E-state index in [4.69, 9.17) is 11.6 Å². The van der Waals surface area contributed by atoms with Crippen LogP contribution in [-0.2, 0) is 11.8 Å². The minimum Gasteiger partial charge on any atom is -0.261 e. The molecule has 1 aromatic heterocycles. The van der Waals surface area contributed by atoms with Gasteiger partial charge in [0.1, 0.15) is 0 Å². The van der Waals surface area contributed by atoms with Gasteiger partial charge < -0.3 is 0 Å². The zero-order chi connectivity index (χ0) is 13.3. The van der Waals surface area contributed by atoms with Crippen LogP contribution in [0.15, 0.2) is 48.7 Å². The number of hydrogen-bond donors (Lipinski definition) is 0. The summed E-state index contributed by atoms with van der Waals surface area (Å²) in [4.78, 5) is 4.47. The lowest BCUT2D eigenvalue weighted by Crippen LogP contribution is -2.23. The van der Waals surface area contributed by atoms with E-state index in [-0.39, 0.29) is 10.8 Å². The van der Waals surface area contributed by atoms with Gasteiger partial charge in [-0.2, -0.15) is 0 Å². The third kappa shape index (κ3) is 2.52. The zero-order valence-electron chi connectivity index (χ0n) is 11.1. The van der Waals surface area contributed by atoms with Gasteiger partial charge in [-0.25, -0.2) is 0 Å². The van der Waals surface area contributed by atoms with Crippen molar-refractivity contribution in [1.82, 2.24) is 4.98 Å². The number of nitrogens with zero attached hydrogens (tertiary/aromatic N) is 1. The summed E-state index contributed by atoms with van der Waals surface area (Å²) in [6, 6.07) is 14.9. The molecule has 1 fully saturated rings. The smallest absolute Gasteiger partial charge is 0.0488 e. The van der Waals surface area contributed by atoms with Gasteiger partial charge in [0, 0.05) is 29.1 Å². The highest BCUT2D eigenvalue weighted by molar-refractivity contribution is 6.22. The summed E-state index contributed by atoms with van der Waals surface area (Å²) in [5.41, 5.74) is 3.84. The number of pyridine rings is 1. The highest BCUT2D eigenvalue weighted by Gasteiger charge is 2.49. The van der Waals surface area contributed by atoms with Gasteiger partial charge in [-0.1, -0.05) is 36.4 Å². The normalized spacial score (nSPS) is 18.0. The van der Waals surface area contributed by atoms with Gasteiger partial charge in [-0.05, 0) is 37.0 Å². The first-order valence-electron chi connectivity index (χ1n) is 6.82. The van der Waals surface area contributed by atoms with Crippen LogP contribution in [0.5, 0.6) is 0 Å². The van der Waals surface area contributed by atoms with Crippen LogP contribution in [0.1, 0.15) is 29.7 Å². The second kappa shape index (κ2) is 4.97. The predicted octanol–water partition coefficient (Wildman–Crippen LogP) is 4.27. The number of alkyl halides is 1. The van der Waals surface area contributed by atoms with E-state index in [9.17, 15) is 0 Å². The monoisotopic (exact) mass is 271 g/mol. The molecule has 2 heteroatoms. The van der Waals surface area contributed by atoms with Crippen molar-refractivity contribution in [3.63, 3.8) is 0 Å². The second-order valence-corrected chi connectivity index (χ2v) is 6.05. The lowest BCUT2D eigenvalue weighted by atomic mass is 9.89. The van der Waals surface area contributed by atoms with E-state index in [2.05, 4.69) is 54.4 Å². The van der Waals surface area contributed by atoms with E-state index in [1.165, 1.54) is 24.0 Å². The average Bonchev–Trinajstić information content (AvgIpc) is 3.24. The summed E-state index contributed by atoms with van der Waals surface area (Å²) in [6.07, 6.45) is 5.14. The Bertz CT molecular complexity index is 543. The third-order valence-electron chi connectivity index (χ3n) is 4.10. The molecule has 2 aromatic rings. The van der Waals surface area contributed by atoms with Gasteiger partial charge in [0.25, 0.3) is 0 Å². The molecule has 0 bridgehead atoms. The van der Waals surface area contributed by atoms with Gasteiger partial charge in [0.2, 0.25) is 0 Å². The van der Waals surface area contributed by atoms with Gasteiger partial charge in [0.15, 0.2) is 0 Å². The quantitative estimate of drug-likeness (QED) is 0.757. The van der Waals surface area contributed by atoms with Crippen molar-refractivity contribution in [2.75, 3.05) is 0 Å². The molecular formula is C17H18ClN. The molecule has 0 radical (unpaired) electrons. The second-order valence-electron chi connectivity index (χ2n) is 5.52. The van der Waals surface area contributed by atoms with Crippen LogP contribution in [-0.4, -0.2) is 10.4 Å². The Morgan fingerprint density at radius 3 is 2.47 bits per heavy atom. The van der Waals surface area contributed by atoms with Crippen molar-refractivity contribution in [3.8, 4) is 0 Å². The Kier molecular flexibility index (Phi) is 3.32. The average molecular weight is 272 g/mol. The summed E-state index contributed by atoms with van der Waals surface area (Å²) in [6.45, 7) is 2.06. The molecule has 19 heavy (non-hydrogen) atoms. The molecule has 3 rings (SSSR count). The maximum atomic E-state index is 6.70. The van der Waals surface area contributed by atoms with Crippen LogP contribution in [0.2, 0.25) is 0 Å². The molecule has 0 saturated heterocycles. The largest absolute Gasteiger partial charge is 0.261 e. The predicted molar refractivity (Wildman–Crippen MR) is 79.7 cm³/mol. The highest BCUT2D eigenvalue weighted by atomic mass is 35.5. The number of halogens is 1. The lowest BCUT2D eigenvalue weighted by Gasteiger charge is -2.21. The maximum Gasteiger partial charge on any atom is 0.0488 e. The van der Waals surface area contributed by atoms with E-state index < -0.39 is 0 Å². The van der Waals surface area contributed by atoms with Crippen LogP contribution in [0.3, 0.4) is 0 Å². The summed E-state index contributed by atoms with van der Waals surface area (Å²) >= 11 is 6.70. The summed E-state index contributed by atoms with van der Waals surface area (Å²) in [5.74, 6) is 0. The minimum atomic E-state index is 0.130. The fraction of sp³-hybridized carbons (Fsp3) is 0.353. The zero-order valence-corrected chi connectivity index (χ0v) is 11.9. The number of aromatic nitrogens is 1. The molecule has 0 N–H and O–H groups in total. The fourth-order valence-electron chi connectivity index (χ4n) is 2.69. The Morgan fingerprint density at radius 1 is 1.16 bits per heavy atom. The van der Waals surface area contributed by atoms with E-state index in [0.29, 0.717) is 0 Å². The molecule has 0 spiro atoms. The summed E-state index contributed by atoms with van der Waals surface area (Å²) in [7, 11) is 0. The van der Waals surface area contributed by atoms with Crippen molar-refractivity contribution in [3.05, 3.63) is 65.5 Å². The highest BCUT2D eigenvalue weighted by Crippen LogP contribution is 2.53. The molecule has 98 valence electrons. The first-order chi connectivity index (χ1) is 9.21. The van der Waals surface area contributed by atoms with Crippen molar-refractivity contribution in [2.45, 2.75) is 37.0 Å². The maximum absolute atomic E-state index is 6.70. The first kappa shape index (κ1) is 12.7. The Balaban J connectivity index is 1.77.